The van der Waals surface area contributed by atoms with Crippen LogP contribution in [0.15, 0.2) is 42.5 Å². The fraction of sp³-hybridized carbons (Fsp3) is 0.188. The van der Waals surface area contributed by atoms with E-state index < -0.39 is 0 Å². The number of imidazole rings is 1. The van der Waals surface area contributed by atoms with Crippen LogP contribution in [0.4, 0.5) is 5.69 Å². The minimum Gasteiger partial charge on any atom is -0.497 e. The lowest BCUT2D eigenvalue weighted by Gasteiger charge is -2.04. The van der Waals surface area contributed by atoms with Crippen LogP contribution < -0.4 is 10.5 Å². The summed E-state index contributed by atoms with van der Waals surface area (Å²) in [6, 6.07) is 13.9. The van der Waals surface area contributed by atoms with Gasteiger partial charge in [0.2, 0.25) is 0 Å². The molecule has 0 spiro atoms. The van der Waals surface area contributed by atoms with E-state index in [0.717, 1.165) is 40.3 Å². The number of methoxy groups -OCH3 is 1. The van der Waals surface area contributed by atoms with E-state index in [4.69, 9.17) is 10.5 Å². The molecule has 0 radical (unpaired) electrons. The molecular formula is C16H17N3O. The Balaban J connectivity index is 2.01. The van der Waals surface area contributed by atoms with Crippen molar-refractivity contribution in [2.45, 2.75) is 6.42 Å². The molecule has 4 nitrogen and oxygen atoms in total. The van der Waals surface area contributed by atoms with E-state index in [-0.39, 0.29) is 0 Å². The Morgan fingerprint density at radius 1 is 1.20 bits per heavy atom. The second-order valence-electron chi connectivity index (χ2n) is 4.86. The number of benzene rings is 2. The molecule has 0 fully saturated rings. The second kappa shape index (κ2) is 4.89. The summed E-state index contributed by atoms with van der Waals surface area (Å²) in [4.78, 5) is 4.69. The van der Waals surface area contributed by atoms with Crippen LogP contribution in [0.2, 0.25) is 0 Å². The van der Waals surface area contributed by atoms with Gasteiger partial charge in [0.1, 0.15) is 11.6 Å². The van der Waals surface area contributed by atoms with Crippen LogP contribution >= 0.6 is 0 Å². The first-order valence-electron chi connectivity index (χ1n) is 6.51. The molecule has 0 aliphatic carbocycles. The number of fused-ring (bicyclic) bond motifs is 1. The van der Waals surface area contributed by atoms with E-state index in [0.29, 0.717) is 0 Å². The quantitative estimate of drug-likeness (QED) is 0.742. The Labute approximate surface area is 117 Å². The molecule has 2 N–H and O–H groups in total. The average molecular weight is 267 g/mol. The molecule has 102 valence electrons. The number of aromatic nitrogens is 2. The summed E-state index contributed by atoms with van der Waals surface area (Å²) in [5, 5.41) is 0. The molecule has 0 amide bonds. The van der Waals surface area contributed by atoms with Gasteiger partial charge in [0, 0.05) is 25.2 Å². The topological polar surface area (TPSA) is 53.1 Å². The van der Waals surface area contributed by atoms with Crippen molar-refractivity contribution in [1.82, 2.24) is 9.55 Å². The number of hydrogen-bond donors (Lipinski definition) is 1. The van der Waals surface area contributed by atoms with Gasteiger partial charge in [0.15, 0.2) is 0 Å². The van der Waals surface area contributed by atoms with Crippen LogP contribution in [-0.4, -0.2) is 16.7 Å². The van der Waals surface area contributed by atoms with Crippen LogP contribution in [0, 0.1) is 0 Å². The number of aryl methyl sites for hydroxylation is 1. The normalized spacial score (nSPS) is 10.9. The SMILES string of the molecule is COc1ccc2c(c1)nc(Cc1cccc(N)c1)n2C. The van der Waals surface area contributed by atoms with Crippen LogP contribution in [0.3, 0.4) is 0 Å². The minimum atomic E-state index is 0.762. The second-order valence-corrected chi connectivity index (χ2v) is 4.86. The molecule has 3 rings (SSSR count). The van der Waals surface area contributed by atoms with Gasteiger partial charge in [-0.3, -0.25) is 0 Å². The van der Waals surface area contributed by atoms with Crippen LogP contribution in [0.1, 0.15) is 11.4 Å². The van der Waals surface area contributed by atoms with Crippen molar-refractivity contribution in [3.63, 3.8) is 0 Å². The number of anilines is 1. The molecule has 2 aromatic carbocycles. The van der Waals surface area contributed by atoms with Gasteiger partial charge in [-0.1, -0.05) is 12.1 Å². The molecule has 4 heteroatoms. The Morgan fingerprint density at radius 3 is 2.80 bits per heavy atom. The lowest BCUT2D eigenvalue weighted by Crippen LogP contribution is -1.99. The third kappa shape index (κ3) is 2.20. The Bertz CT molecular complexity index is 762. The smallest absolute Gasteiger partial charge is 0.121 e. The fourth-order valence-corrected chi connectivity index (χ4v) is 2.40. The molecule has 0 saturated carbocycles. The highest BCUT2D eigenvalue weighted by Crippen LogP contribution is 2.22. The van der Waals surface area contributed by atoms with Gasteiger partial charge in [-0.2, -0.15) is 0 Å². The number of nitrogens with two attached hydrogens (primary N) is 1. The van der Waals surface area contributed by atoms with Gasteiger partial charge in [-0.05, 0) is 29.8 Å². The maximum Gasteiger partial charge on any atom is 0.121 e. The summed E-state index contributed by atoms with van der Waals surface area (Å²) in [5.74, 6) is 1.84. The van der Waals surface area contributed by atoms with Gasteiger partial charge in [-0.25, -0.2) is 4.98 Å². The Morgan fingerprint density at radius 2 is 2.05 bits per heavy atom. The molecule has 0 aliphatic heterocycles. The van der Waals surface area contributed by atoms with E-state index in [2.05, 4.69) is 15.6 Å². The van der Waals surface area contributed by atoms with Crippen LogP contribution in [-0.2, 0) is 13.5 Å². The average Bonchev–Trinajstić information content (AvgIpc) is 2.75. The summed E-state index contributed by atoms with van der Waals surface area (Å²) in [6.45, 7) is 0. The molecule has 20 heavy (non-hydrogen) atoms. The highest BCUT2D eigenvalue weighted by molar-refractivity contribution is 5.77. The molecule has 0 unspecified atom stereocenters. The number of nitrogen functional groups attached to an aromatic ring is 1. The van der Waals surface area contributed by atoms with Gasteiger partial charge >= 0.3 is 0 Å². The van der Waals surface area contributed by atoms with Crippen molar-refractivity contribution in [2.75, 3.05) is 12.8 Å². The number of ether oxygens (including phenoxy) is 1. The monoisotopic (exact) mass is 267 g/mol. The molecule has 0 atom stereocenters. The van der Waals surface area contributed by atoms with Crippen molar-refractivity contribution >= 4 is 16.7 Å². The largest absolute Gasteiger partial charge is 0.497 e. The van der Waals surface area contributed by atoms with E-state index in [9.17, 15) is 0 Å². The van der Waals surface area contributed by atoms with E-state index in [1.54, 1.807) is 7.11 Å². The summed E-state index contributed by atoms with van der Waals surface area (Å²) in [7, 11) is 3.70. The van der Waals surface area contributed by atoms with Crippen molar-refractivity contribution in [1.29, 1.82) is 0 Å². The van der Waals surface area contributed by atoms with Crippen molar-refractivity contribution < 1.29 is 4.74 Å². The summed E-state index contributed by atoms with van der Waals surface area (Å²) >= 11 is 0. The third-order valence-electron chi connectivity index (χ3n) is 3.49. The molecule has 0 saturated heterocycles. The maximum absolute atomic E-state index is 5.82. The van der Waals surface area contributed by atoms with E-state index >= 15 is 0 Å². The predicted molar refractivity (Wildman–Crippen MR) is 80.9 cm³/mol. The summed E-state index contributed by atoms with van der Waals surface area (Å²) in [6.07, 6.45) is 0.762. The van der Waals surface area contributed by atoms with Gasteiger partial charge in [0.05, 0.1) is 18.1 Å². The number of rotatable bonds is 3. The predicted octanol–water partition coefficient (Wildman–Crippen LogP) is 2.75. The Hall–Kier alpha value is -2.49. The van der Waals surface area contributed by atoms with Crippen LogP contribution in [0.25, 0.3) is 11.0 Å². The Kier molecular flexibility index (Phi) is 3.06. The highest BCUT2D eigenvalue weighted by atomic mass is 16.5. The number of hydrogen-bond acceptors (Lipinski definition) is 3. The molecule has 3 aromatic rings. The molecule has 1 aromatic heterocycles. The molecule has 0 bridgehead atoms. The zero-order chi connectivity index (χ0) is 14.1. The molecule has 0 aliphatic rings. The lowest BCUT2D eigenvalue weighted by atomic mass is 10.1. The van der Waals surface area contributed by atoms with Crippen molar-refractivity contribution in [3.05, 3.63) is 53.9 Å². The summed E-state index contributed by atoms with van der Waals surface area (Å²) in [5.41, 5.74) is 9.81. The minimum absolute atomic E-state index is 0.762. The highest BCUT2D eigenvalue weighted by Gasteiger charge is 2.09. The fourth-order valence-electron chi connectivity index (χ4n) is 2.40. The van der Waals surface area contributed by atoms with Gasteiger partial charge < -0.3 is 15.0 Å². The first-order chi connectivity index (χ1) is 9.67. The van der Waals surface area contributed by atoms with E-state index in [1.165, 1.54) is 0 Å². The van der Waals surface area contributed by atoms with Crippen LogP contribution in [0.5, 0.6) is 5.75 Å². The zero-order valence-electron chi connectivity index (χ0n) is 11.6. The lowest BCUT2D eigenvalue weighted by molar-refractivity contribution is 0.415. The van der Waals surface area contributed by atoms with Gasteiger partial charge in [-0.15, -0.1) is 0 Å². The maximum atomic E-state index is 5.82. The molecule has 1 heterocycles. The first-order valence-corrected chi connectivity index (χ1v) is 6.51. The van der Waals surface area contributed by atoms with E-state index in [1.807, 2.05) is 43.4 Å². The third-order valence-corrected chi connectivity index (χ3v) is 3.49. The number of nitrogens with zero attached hydrogens (tertiary/aromatic N) is 2. The first kappa shape index (κ1) is 12.5. The van der Waals surface area contributed by atoms with Gasteiger partial charge in [0.25, 0.3) is 0 Å². The van der Waals surface area contributed by atoms with Crippen molar-refractivity contribution in [2.24, 2.45) is 7.05 Å². The standard InChI is InChI=1S/C16H17N3O/c1-19-15-7-6-13(20-2)10-14(15)18-16(19)9-11-4-3-5-12(17)8-11/h3-8,10H,9,17H2,1-2H3. The molecular weight excluding hydrogens is 250 g/mol. The van der Waals surface area contributed by atoms with Crippen molar-refractivity contribution in [3.8, 4) is 5.75 Å². The zero-order valence-corrected chi connectivity index (χ0v) is 11.6. The summed E-state index contributed by atoms with van der Waals surface area (Å²) < 4.78 is 7.35.